The average Bonchev–Trinajstić information content (AvgIpc) is 3.40. The van der Waals surface area contributed by atoms with E-state index < -0.39 is 5.60 Å². The molecule has 0 unspecified atom stereocenters. The summed E-state index contributed by atoms with van der Waals surface area (Å²) >= 11 is 0. The third-order valence-corrected chi connectivity index (χ3v) is 6.85. The number of ether oxygens (including phenoxy) is 1. The van der Waals surface area contributed by atoms with Crippen LogP contribution in [0.4, 0.5) is 26.8 Å². The van der Waals surface area contributed by atoms with Gasteiger partial charge in [0.15, 0.2) is 0 Å². The molecule has 0 saturated carbocycles. The zero-order valence-electron chi connectivity index (χ0n) is 22.4. The monoisotopic (exact) mass is 505 g/mol. The van der Waals surface area contributed by atoms with E-state index >= 15 is 0 Å². The van der Waals surface area contributed by atoms with Gasteiger partial charge in [-0.25, -0.2) is 19.1 Å². The lowest BCUT2D eigenvalue weighted by Crippen LogP contribution is -2.55. The molecule has 3 aromatic rings. The molecule has 1 saturated heterocycles. The molecule has 196 valence electrons. The van der Waals surface area contributed by atoms with E-state index in [9.17, 15) is 9.59 Å². The largest absolute Gasteiger partial charge is 0.444 e. The van der Waals surface area contributed by atoms with Crippen molar-refractivity contribution in [1.29, 1.82) is 0 Å². The van der Waals surface area contributed by atoms with Crippen LogP contribution in [-0.2, 0) is 11.2 Å². The summed E-state index contributed by atoms with van der Waals surface area (Å²) in [6.45, 7) is 14.1. The zero-order valence-corrected chi connectivity index (χ0v) is 22.4. The second-order valence-corrected chi connectivity index (χ2v) is 11.0. The van der Waals surface area contributed by atoms with Gasteiger partial charge in [-0.3, -0.25) is 4.90 Å². The molecular weight excluding hydrogens is 470 g/mol. The first kappa shape index (κ1) is 24.9. The lowest BCUT2D eigenvalue weighted by atomic mass is 10.1. The number of aryl methyl sites for hydroxylation is 2. The molecule has 1 atom stereocenters. The number of carbonyl (C=O) groups excluding carboxylic acids is 2. The predicted octanol–water partition coefficient (Wildman–Crippen LogP) is 4.39. The fourth-order valence-electron chi connectivity index (χ4n) is 5.12. The predicted molar refractivity (Wildman–Crippen MR) is 144 cm³/mol. The van der Waals surface area contributed by atoms with Gasteiger partial charge < -0.3 is 19.9 Å². The summed E-state index contributed by atoms with van der Waals surface area (Å²) in [6, 6.07) is 5.74. The van der Waals surface area contributed by atoms with Crippen molar-refractivity contribution in [2.45, 2.75) is 59.6 Å². The maximum absolute atomic E-state index is 13.3. The van der Waals surface area contributed by atoms with Crippen LogP contribution >= 0.6 is 0 Å². The number of urea groups is 1. The van der Waals surface area contributed by atoms with E-state index in [-0.39, 0.29) is 18.2 Å². The number of piperazine rings is 1. The van der Waals surface area contributed by atoms with Crippen molar-refractivity contribution in [1.82, 2.24) is 19.5 Å². The number of hydrogen-bond donors (Lipinski definition) is 1. The molecule has 3 aromatic heterocycles. The van der Waals surface area contributed by atoms with Crippen molar-refractivity contribution in [2.75, 3.05) is 41.3 Å². The molecule has 2 aliphatic rings. The van der Waals surface area contributed by atoms with Crippen LogP contribution < -0.4 is 15.1 Å². The molecule has 2 aliphatic heterocycles. The van der Waals surface area contributed by atoms with Gasteiger partial charge in [-0.15, -0.1) is 0 Å². The molecule has 0 radical (unpaired) electrons. The number of fused-ring (bicyclic) bond motifs is 2. The van der Waals surface area contributed by atoms with Gasteiger partial charge in [0, 0.05) is 61.6 Å². The van der Waals surface area contributed by atoms with E-state index in [0.717, 1.165) is 40.1 Å². The maximum Gasteiger partial charge on any atom is 0.410 e. The number of rotatable bonds is 2. The fraction of sp³-hybridized carbons (Fsp3) is 0.481. The number of hydrogen-bond acceptors (Lipinski definition) is 6. The quantitative estimate of drug-likeness (QED) is 0.555. The molecule has 1 N–H and O–H groups in total. The molecule has 0 aliphatic carbocycles. The number of amides is 3. The summed E-state index contributed by atoms with van der Waals surface area (Å²) in [6.07, 6.45) is 4.13. The Labute approximate surface area is 217 Å². The topological polar surface area (TPSA) is 95.3 Å². The minimum absolute atomic E-state index is 0.00158. The lowest BCUT2D eigenvalue weighted by Gasteiger charge is -2.41. The number of nitrogens with one attached hydrogen (secondary N) is 1. The van der Waals surface area contributed by atoms with Gasteiger partial charge in [-0.1, -0.05) is 0 Å². The van der Waals surface area contributed by atoms with Crippen molar-refractivity contribution in [3.8, 4) is 0 Å². The first-order valence-electron chi connectivity index (χ1n) is 12.8. The molecule has 10 heteroatoms. The molecule has 1 fully saturated rings. The third-order valence-electron chi connectivity index (χ3n) is 6.85. The molecule has 0 aromatic carbocycles. The van der Waals surface area contributed by atoms with Gasteiger partial charge >= 0.3 is 12.1 Å². The average molecular weight is 506 g/mol. The van der Waals surface area contributed by atoms with Crippen LogP contribution in [0.3, 0.4) is 0 Å². The highest BCUT2D eigenvalue weighted by molar-refractivity contribution is 6.03. The van der Waals surface area contributed by atoms with E-state index in [1.165, 1.54) is 0 Å². The van der Waals surface area contributed by atoms with Crippen LogP contribution in [0.15, 0.2) is 30.6 Å². The molecule has 0 bridgehead atoms. The Morgan fingerprint density at radius 2 is 1.92 bits per heavy atom. The molecule has 37 heavy (non-hydrogen) atoms. The van der Waals surface area contributed by atoms with Crippen molar-refractivity contribution in [3.63, 3.8) is 0 Å². The highest BCUT2D eigenvalue weighted by atomic mass is 16.6. The Bertz CT molecular complexity index is 1360. The first-order valence-corrected chi connectivity index (χ1v) is 12.8. The van der Waals surface area contributed by atoms with E-state index in [0.29, 0.717) is 32.0 Å². The van der Waals surface area contributed by atoms with Crippen LogP contribution in [-0.4, -0.2) is 69.4 Å². The van der Waals surface area contributed by atoms with Gasteiger partial charge in [-0.05, 0) is 71.7 Å². The van der Waals surface area contributed by atoms with E-state index in [1.54, 1.807) is 16.0 Å². The molecule has 5 rings (SSSR count). The zero-order chi connectivity index (χ0) is 26.5. The van der Waals surface area contributed by atoms with Crippen LogP contribution in [0.5, 0.6) is 0 Å². The van der Waals surface area contributed by atoms with E-state index in [4.69, 9.17) is 4.74 Å². The smallest absolute Gasteiger partial charge is 0.410 e. The van der Waals surface area contributed by atoms with Gasteiger partial charge in [-0.2, -0.15) is 5.10 Å². The molecule has 10 nitrogen and oxygen atoms in total. The highest BCUT2D eigenvalue weighted by Crippen LogP contribution is 2.35. The van der Waals surface area contributed by atoms with Gasteiger partial charge in [0.2, 0.25) is 0 Å². The minimum Gasteiger partial charge on any atom is -0.444 e. The fourth-order valence-corrected chi connectivity index (χ4v) is 5.12. The summed E-state index contributed by atoms with van der Waals surface area (Å²) in [4.78, 5) is 36.3. The number of aromatic nitrogens is 3. The maximum atomic E-state index is 13.3. The van der Waals surface area contributed by atoms with Gasteiger partial charge in [0.1, 0.15) is 11.4 Å². The van der Waals surface area contributed by atoms with Crippen LogP contribution in [0.2, 0.25) is 0 Å². The van der Waals surface area contributed by atoms with Crippen molar-refractivity contribution < 1.29 is 14.3 Å². The molecule has 5 heterocycles. The second kappa shape index (κ2) is 9.24. The number of anilines is 3. The number of carbonyl (C=O) groups is 2. The minimum atomic E-state index is -0.522. The molecule has 0 spiro atoms. The van der Waals surface area contributed by atoms with E-state index in [1.807, 2.05) is 70.5 Å². The molecule has 3 amide bonds. The first-order chi connectivity index (χ1) is 17.5. The van der Waals surface area contributed by atoms with Crippen LogP contribution in [0, 0.1) is 13.8 Å². The number of pyridine rings is 2. The summed E-state index contributed by atoms with van der Waals surface area (Å²) in [5.41, 5.74) is 5.16. The standard InChI is InChI=1S/C27H35N7O3/c1-17-15-34-20(13-18(2)30-34)14-22(17)29-25(35)33-10-8-21-23(7-9-28-24(21)33)31-11-12-32(19(3)16-31)26(36)37-27(4,5)6/h7,9,13-15,19H,8,10-12,16H2,1-6H3,(H,29,35)/t19-/m1/s1. The van der Waals surface area contributed by atoms with Crippen molar-refractivity contribution >= 4 is 34.8 Å². The summed E-state index contributed by atoms with van der Waals surface area (Å²) in [7, 11) is 0. The summed E-state index contributed by atoms with van der Waals surface area (Å²) in [5, 5.41) is 7.51. The Morgan fingerprint density at radius 3 is 2.65 bits per heavy atom. The normalized spacial score (nSPS) is 17.8. The third kappa shape index (κ3) is 4.92. The lowest BCUT2D eigenvalue weighted by molar-refractivity contribution is 0.0159. The SMILES string of the molecule is Cc1cc2cc(NC(=O)N3CCc4c(N5CCN(C(=O)OC(C)(C)C)[C@H](C)C5)ccnc43)c(C)cn2n1. The Hall–Kier alpha value is -3.82. The highest BCUT2D eigenvalue weighted by Gasteiger charge is 2.34. The van der Waals surface area contributed by atoms with Crippen LogP contribution in [0.1, 0.15) is 44.5 Å². The Balaban J connectivity index is 1.31. The second-order valence-electron chi connectivity index (χ2n) is 11.0. The Kier molecular flexibility index (Phi) is 6.21. The Morgan fingerprint density at radius 1 is 1.14 bits per heavy atom. The number of nitrogens with zero attached hydrogens (tertiary/aromatic N) is 6. The van der Waals surface area contributed by atoms with Crippen molar-refractivity contribution in [2.24, 2.45) is 0 Å². The van der Waals surface area contributed by atoms with Gasteiger partial charge in [0.05, 0.1) is 11.2 Å². The molecular formula is C27H35N7O3. The summed E-state index contributed by atoms with van der Waals surface area (Å²) in [5.74, 6) is 0.691. The van der Waals surface area contributed by atoms with Crippen LogP contribution in [0.25, 0.3) is 5.52 Å². The van der Waals surface area contributed by atoms with E-state index in [2.05, 4.69) is 20.3 Å². The van der Waals surface area contributed by atoms with Crippen molar-refractivity contribution in [3.05, 3.63) is 47.4 Å². The summed E-state index contributed by atoms with van der Waals surface area (Å²) < 4.78 is 7.41. The van der Waals surface area contributed by atoms with Gasteiger partial charge in [0.25, 0.3) is 0 Å².